The van der Waals surface area contributed by atoms with E-state index in [0.717, 1.165) is 47.0 Å². The van der Waals surface area contributed by atoms with E-state index in [1.165, 1.54) is 0 Å². The van der Waals surface area contributed by atoms with Crippen LogP contribution < -0.4 is 5.32 Å². The summed E-state index contributed by atoms with van der Waals surface area (Å²) in [6, 6.07) is 13.9. The molecule has 4 rings (SSSR count). The topological polar surface area (TPSA) is 68.2 Å². The van der Waals surface area contributed by atoms with E-state index in [-0.39, 0.29) is 0 Å². The molecular weight excluding hydrogens is 278 g/mol. The van der Waals surface area contributed by atoms with Crippen LogP contribution in [0.25, 0.3) is 16.6 Å². The molecule has 0 fully saturated rings. The Morgan fingerprint density at radius 2 is 2.05 bits per heavy atom. The fraction of sp³-hybridized carbons (Fsp3) is 0.188. The number of fused-ring (bicyclic) bond motifs is 2. The fourth-order valence-electron chi connectivity index (χ4n) is 2.46. The van der Waals surface area contributed by atoms with Crippen LogP contribution in [0.1, 0.15) is 11.6 Å². The smallest absolute Gasteiger partial charge is 0.178 e. The van der Waals surface area contributed by atoms with Crippen LogP contribution in [-0.4, -0.2) is 26.4 Å². The largest absolute Gasteiger partial charge is 0.461 e. The Kier molecular flexibility index (Phi) is 3.00. The maximum absolute atomic E-state index is 5.80. The molecule has 0 radical (unpaired) electrons. The SMILES string of the molecule is Cc1nnc2ccc(NCCc3cc4ccccc4o3)nn12. The van der Waals surface area contributed by atoms with Crippen molar-refractivity contribution in [3.8, 4) is 0 Å². The number of hydrogen-bond donors (Lipinski definition) is 1. The van der Waals surface area contributed by atoms with Gasteiger partial charge in [0.1, 0.15) is 17.2 Å². The second-order valence-electron chi connectivity index (χ2n) is 5.16. The second kappa shape index (κ2) is 5.14. The van der Waals surface area contributed by atoms with Gasteiger partial charge in [0.05, 0.1) is 0 Å². The van der Waals surface area contributed by atoms with Gasteiger partial charge in [0.2, 0.25) is 0 Å². The average molecular weight is 293 g/mol. The molecule has 22 heavy (non-hydrogen) atoms. The first kappa shape index (κ1) is 12.8. The van der Waals surface area contributed by atoms with Crippen LogP contribution in [0.3, 0.4) is 0 Å². The Balaban J connectivity index is 1.46. The first-order valence-corrected chi connectivity index (χ1v) is 7.20. The molecule has 4 aromatic rings. The van der Waals surface area contributed by atoms with Crippen LogP contribution in [0.5, 0.6) is 0 Å². The number of nitrogens with zero attached hydrogens (tertiary/aromatic N) is 4. The number of aryl methyl sites for hydroxylation is 1. The molecule has 0 atom stereocenters. The first-order valence-electron chi connectivity index (χ1n) is 7.20. The number of aromatic nitrogens is 4. The number of nitrogens with one attached hydrogen (secondary N) is 1. The summed E-state index contributed by atoms with van der Waals surface area (Å²) in [6.45, 7) is 2.63. The summed E-state index contributed by atoms with van der Waals surface area (Å²) < 4.78 is 7.52. The molecule has 1 aromatic carbocycles. The van der Waals surface area contributed by atoms with E-state index in [1.807, 2.05) is 37.3 Å². The van der Waals surface area contributed by atoms with Crippen molar-refractivity contribution in [3.63, 3.8) is 0 Å². The van der Waals surface area contributed by atoms with Gasteiger partial charge < -0.3 is 9.73 Å². The molecule has 110 valence electrons. The summed E-state index contributed by atoms with van der Waals surface area (Å²) in [5, 5.41) is 16.9. The molecule has 1 N–H and O–H groups in total. The van der Waals surface area contributed by atoms with E-state index in [0.29, 0.717) is 0 Å². The fourth-order valence-corrected chi connectivity index (χ4v) is 2.46. The van der Waals surface area contributed by atoms with Crippen LogP contribution in [0.15, 0.2) is 46.9 Å². The van der Waals surface area contributed by atoms with E-state index >= 15 is 0 Å². The molecule has 6 heteroatoms. The number of rotatable bonds is 4. The third kappa shape index (κ3) is 2.28. The summed E-state index contributed by atoms with van der Waals surface area (Å²) >= 11 is 0. The van der Waals surface area contributed by atoms with Gasteiger partial charge in [-0.25, -0.2) is 0 Å². The minimum Gasteiger partial charge on any atom is -0.461 e. The van der Waals surface area contributed by atoms with Crippen molar-refractivity contribution < 1.29 is 4.42 Å². The number of benzene rings is 1. The molecule has 0 saturated heterocycles. The van der Waals surface area contributed by atoms with Crippen molar-refractivity contribution in [2.75, 3.05) is 11.9 Å². The summed E-state index contributed by atoms with van der Waals surface area (Å²) in [6.07, 6.45) is 0.801. The lowest BCUT2D eigenvalue weighted by atomic mass is 10.2. The lowest BCUT2D eigenvalue weighted by Gasteiger charge is -2.04. The Labute approximate surface area is 126 Å². The Bertz CT molecular complexity index is 907. The van der Waals surface area contributed by atoms with Gasteiger partial charge >= 0.3 is 0 Å². The molecule has 0 aliphatic carbocycles. The van der Waals surface area contributed by atoms with Crippen LogP contribution in [-0.2, 0) is 6.42 Å². The van der Waals surface area contributed by atoms with Gasteiger partial charge in [-0.05, 0) is 31.2 Å². The minimum absolute atomic E-state index is 0.750. The van der Waals surface area contributed by atoms with Crippen LogP contribution in [0, 0.1) is 6.92 Å². The molecule has 0 saturated carbocycles. The lowest BCUT2D eigenvalue weighted by molar-refractivity contribution is 0.553. The van der Waals surface area contributed by atoms with Gasteiger partial charge in [0.25, 0.3) is 0 Å². The van der Waals surface area contributed by atoms with Crippen molar-refractivity contribution in [3.05, 3.63) is 54.0 Å². The van der Waals surface area contributed by atoms with Crippen molar-refractivity contribution >= 4 is 22.4 Å². The predicted octanol–water partition coefficient (Wildman–Crippen LogP) is 2.83. The molecule has 0 aliphatic heterocycles. The molecule has 0 spiro atoms. The van der Waals surface area contributed by atoms with E-state index in [9.17, 15) is 0 Å². The molecule has 3 aromatic heterocycles. The molecule has 6 nitrogen and oxygen atoms in total. The van der Waals surface area contributed by atoms with E-state index in [1.54, 1.807) is 4.52 Å². The van der Waals surface area contributed by atoms with Gasteiger partial charge in [-0.15, -0.1) is 15.3 Å². The molecule has 0 aliphatic rings. The number of para-hydroxylation sites is 1. The lowest BCUT2D eigenvalue weighted by Crippen LogP contribution is -2.08. The van der Waals surface area contributed by atoms with E-state index in [4.69, 9.17) is 4.42 Å². The third-order valence-electron chi connectivity index (χ3n) is 3.57. The second-order valence-corrected chi connectivity index (χ2v) is 5.16. The highest BCUT2D eigenvalue weighted by Gasteiger charge is 2.05. The molecular formula is C16H15N5O. The highest BCUT2D eigenvalue weighted by molar-refractivity contribution is 5.77. The van der Waals surface area contributed by atoms with Crippen molar-refractivity contribution in [1.82, 2.24) is 19.8 Å². The highest BCUT2D eigenvalue weighted by atomic mass is 16.3. The van der Waals surface area contributed by atoms with Gasteiger partial charge in [0, 0.05) is 18.4 Å². The molecule has 3 heterocycles. The Hall–Kier alpha value is -2.89. The number of anilines is 1. The average Bonchev–Trinajstić information content (AvgIpc) is 3.11. The zero-order chi connectivity index (χ0) is 14.9. The van der Waals surface area contributed by atoms with Gasteiger partial charge in [-0.3, -0.25) is 0 Å². The number of furan rings is 1. The minimum atomic E-state index is 0.750. The van der Waals surface area contributed by atoms with Crippen molar-refractivity contribution in [2.45, 2.75) is 13.3 Å². The van der Waals surface area contributed by atoms with Gasteiger partial charge in [0.15, 0.2) is 11.5 Å². The Morgan fingerprint density at radius 1 is 1.14 bits per heavy atom. The quantitative estimate of drug-likeness (QED) is 0.626. The van der Waals surface area contributed by atoms with E-state index < -0.39 is 0 Å². The van der Waals surface area contributed by atoms with Crippen molar-refractivity contribution in [1.29, 1.82) is 0 Å². The van der Waals surface area contributed by atoms with Crippen LogP contribution >= 0.6 is 0 Å². The first-order chi connectivity index (χ1) is 10.8. The van der Waals surface area contributed by atoms with E-state index in [2.05, 4.69) is 32.7 Å². The van der Waals surface area contributed by atoms with Crippen LogP contribution in [0.2, 0.25) is 0 Å². The standard InChI is InChI=1S/C16H15N5O/c1-11-18-19-16-7-6-15(20-21(11)16)17-9-8-13-10-12-4-2-3-5-14(12)22-13/h2-7,10H,8-9H2,1H3,(H,17,20). The van der Waals surface area contributed by atoms with Crippen molar-refractivity contribution in [2.24, 2.45) is 0 Å². The normalized spacial score (nSPS) is 11.3. The number of hydrogen-bond acceptors (Lipinski definition) is 5. The van der Waals surface area contributed by atoms with Gasteiger partial charge in [-0.2, -0.15) is 4.52 Å². The summed E-state index contributed by atoms with van der Waals surface area (Å²) in [5.74, 6) is 2.54. The molecule has 0 amide bonds. The summed E-state index contributed by atoms with van der Waals surface area (Å²) in [7, 11) is 0. The maximum atomic E-state index is 5.80. The molecule has 0 unspecified atom stereocenters. The zero-order valence-corrected chi connectivity index (χ0v) is 12.2. The summed E-state index contributed by atoms with van der Waals surface area (Å²) in [4.78, 5) is 0. The summed E-state index contributed by atoms with van der Waals surface area (Å²) in [5.41, 5.74) is 1.68. The highest BCUT2D eigenvalue weighted by Crippen LogP contribution is 2.19. The van der Waals surface area contributed by atoms with Gasteiger partial charge in [-0.1, -0.05) is 18.2 Å². The zero-order valence-electron chi connectivity index (χ0n) is 12.2. The third-order valence-corrected chi connectivity index (χ3v) is 3.57. The molecule has 0 bridgehead atoms. The predicted molar refractivity (Wildman–Crippen MR) is 83.9 cm³/mol. The Morgan fingerprint density at radius 3 is 2.95 bits per heavy atom. The monoisotopic (exact) mass is 293 g/mol. The maximum Gasteiger partial charge on any atom is 0.178 e. The van der Waals surface area contributed by atoms with Crippen LogP contribution in [0.4, 0.5) is 5.82 Å².